The van der Waals surface area contributed by atoms with Gasteiger partial charge in [-0.3, -0.25) is 0 Å². The van der Waals surface area contributed by atoms with Crippen molar-refractivity contribution in [3.63, 3.8) is 0 Å². The highest BCUT2D eigenvalue weighted by Gasteiger charge is 2.12. The normalized spacial score (nSPS) is 11.2. The maximum Gasteiger partial charge on any atom is 0.161 e. The Kier molecular flexibility index (Phi) is 3.06. The van der Waals surface area contributed by atoms with Crippen molar-refractivity contribution in [1.82, 2.24) is 25.0 Å². The Balaban J connectivity index is 2.20. The Bertz CT molecular complexity index is 746. The standard InChI is InChI=1S/C14H16N6/c1-9(2)14-16-12(15-3)8-13(17-14)20-11-7-5-4-6-10(11)18-19-20/h4-9H,1-3H3,(H,15,16,17). The van der Waals surface area contributed by atoms with Gasteiger partial charge >= 0.3 is 0 Å². The monoisotopic (exact) mass is 268 g/mol. The number of aromatic nitrogens is 5. The first-order valence-corrected chi connectivity index (χ1v) is 6.56. The second-order valence-corrected chi connectivity index (χ2v) is 4.86. The molecule has 0 amide bonds. The van der Waals surface area contributed by atoms with Crippen LogP contribution in [0.15, 0.2) is 30.3 Å². The molecule has 1 aromatic carbocycles. The van der Waals surface area contributed by atoms with Gasteiger partial charge < -0.3 is 5.32 Å². The van der Waals surface area contributed by atoms with Gasteiger partial charge in [0.05, 0.1) is 5.52 Å². The van der Waals surface area contributed by atoms with Crippen LogP contribution in [0.25, 0.3) is 16.9 Å². The van der Waals surface area contributed by atoms with E-state index in [9.17, 15) is 0 Å². The number of hydrogen-bond acceptors (Lipinski definition) is 5. The van der Waals surface area contributed by atoms with Crippen LogP contribution in [0, 0.1) is 0 Å². The molecule has 0 fully saturated rings. The molecule has 2 heterocycles. The summed E-state index contributed by atoms with van der Waals surface area (Å²) in [6.45, 7) is 4.13. The molecule has 0 spiro atoms. The van der Waals surface area contributed by atoms with Gasteiger partial charge in [0.2, 0.25) is 0 Å². The van der Waals surface area contributed by atoms with E-state index in [1.54, 1.807) is 4.68 Å². The lowest BCUT2D eigenvalue weighted by Crippen LogP contribution is -2.08. The van der Waals surface area contributed by atoms with Crippen LogP contribution in [-0.4, -0.2) is 32.0 Å². The largest absolute Gasteiger partial charge is 0.373 e. The van der Waals surface area contributed by atoms with Crippen LogP contribution >= 0.6 is 0 Å². The number of benzene rings is 1. The molecule has 3 rings (SSSR count). The van der Waals surface area contributed by atoms with E-state index in [1.165, 1.54) is 0 Å². The minimum atomic E-state index is 0.247. The summed E-state index contributed by atoms with van der Waals surface area (Å²) in [6, 6.07) is 9.69. The minimum Gasteiger partial charge on any atom is -0.373 e. The second kappa shape index (κ2) is 4.88. The fourth-order valence-electron chi connectivity index (χ4n) is 1.99. The van der Waals surface area contributed by atoms with Crippen molar-refractivity contribution in [2.24, 2.45) is 0 Å². The Morgan fingerprint density at radius 2 is 1.95 bits per heavy atom. The zero-order chi connectivity index (χ0) is 14.1. The SMILES string of the molecule is CNc1cc(-n2nnc3ccccc32)nc(C(C)C)n1. The molecule has 0 aliphatic rings. The lowest BCUT2D eigenvalue weighted by molar-refractivity contribution is 0.738. The molecule has 3 aromatic rings. The molecule has 0 saturated carbocycles. The van der Waals surface area contributed by atoms with Crippen molar-refractivity contribution < 1.29 is 0 Å². The molecular weight excluding hydrogens is 252 g/mol. The number of nitrogens with zero attached hydrogens (tertiary/aromatic N) is 5. The third-order valence-corrected chi connectivity index (χ3v) is 3.07. The molecule has 1 N–H and O–H groups in total. The van der Waals surface area contributed by atoms with Gasteiger partial charge in [0, 0.05) is 19.0 Å². The van der Waals surface area contributed by atoms with Gasteiger partial charge in [-0.15, -0.1) is 5.10 Å². The van der Waals surface area contributed by atoms with Crippen LogP contribution in [0.1, 0.15) is 25.6 Å². The Morgan fingerprint density at radius 1 is 1.15 bits per heavy atom. The van der Waals surface area contributed by atoms with E-state index in [4.69, 9.17) is 0 Å². The summed E-state index contributed by atoms with van der Waals surface area (Å²) in [5, 5.41) is 11.4. The smallest absolute Gasteiger partial charge is 0.161 e. The lowest BCUT2D eigenvalue weighted by atomic mass is 10.2. The zero-order valence-electron chi connectivity index (χ0n) is 11.7. The van der Waals surface area contributed by atoms with Gasteiger partial charge in [0.1, 0.15) is 17.2 Å². The Labute approximate surface area is 116 Å². The Hall–Kier alpha value is -2.50. The van der Waals surface area contributed by atoms with Gasteiger partial charge in [-0.1, -0.05) is 31.2 Å². The summed E-state index contributed by atoms with van der Waals surface area (Å²) in [7, 11) is 1.84. The molecule has 0 unspecified atom stereocenters. The summed E-state index contributed by atoms with van der Waals surface area (Å²) in [5.41, 5.74) is 1.78. The van der Waals surface area contributed by atoms with Gasteiger partial charge in [-0.05, 0) is 12.1 Å². The van der Waals surface area contributed by atoms with E-state index in [0.717, 1.165) is 28.5 Å². The van der Waals surface area contributed by atoms with E-state index in [-0.39, 0.29) is 5.92 Å². The molecule has 0 aliphatic heterocycles. The maximum atomic E-state index is 4.58. The van der Waals surface area contributed by atoms with Crippen LogP contribution in [0.3, 0.4) is 0 Å². The van der Waals surface area contributed by atoms with E-state index < -0.39 is 0 Å². The topological polar surface area (TPSA) is 68.5 Å². The highest BCUT2D eigenvalue weighted by Crippen LogP contribution is 2.19. The van der Waals surface area contributed by atoms with Gasteiger partial charge in [-0.2, -0.15) is 4.68 Å². The average molecular weight is 268 g/mol. The molecule has 6 heteroatoms. The number of fused-ring (bicyclic) bond motifs is 1. The highest BCUT2D eigenvalue weighted by molar-refractivity contribution is 5.75. The molecule has 6 nitrogen and oxygen atoms in total. The molecule has 0 atom stereocenters. The Morgan fingerprint density at radius 3 is 2.70 bits per heavy atom. The number of anilines is 1. The number of rotatable bonds is 3. The van der Waals surface area contributed by atoms with Crippen LogP contribution in [0.4, 0.5) is 5.82 Å². The average Bonchev–Trinajstić information content (AvgIpc) is 2.90. The quantitative estimate of drug-likeness (QED) is 0.789. The molecule has 0 bridgehead atoms. The maximum absolute atomic E-state index is 4.58. The van der Waals surface area contributed by atoms with Crippen molar-refractivity contribution in [3.05, 3.63) is 36.2 Å². The molecule has 102 valence electrons. The molecule has 2 aromatic heterocycles. The van der Waals surface area contributed by atoms with E-state index >= 15 is 0 Å². The highest BCUT2D eigenvalue weighted by atomic mass is 15.4. The first kappa shape index (κ1) is 12.5. The van der Waals surface area contributed by atoms with Crippen molar-refractivity contribution >= 4 is 16.9 Å². The zero-order valence-corrected chi connectivity index (χ0v) is 11.7. The fraction of sp³-hybridized carbons (Fsp3) is 0.286. The van der Waals surface area contributed by atoms with E-state index in [0.29, 0.717) is 0 Å². The van der Waals surface area contributed by atoms with Gasteiger partial charge in [0.15, 0.2) is 5.82 Å². The van der Waals surface area contributed by atoms with Crippen LogP contribution < -0.4 is 5.32 Å². The van der Waals surface area contributed by atoms with Crippen LogP contribution in [0.5, 0.6) is 0 Å². The summed E-state index contributed by atoms with van der Waals surface area (Å²) in [4.78, 5) is 9.04. The first-order chi connectivity index (χ1) is 9.69. The number of para-hydroxylation sites is 1. The number of hydrogen-bond donors (Lipinski definition) is 1. The van der Waals surface area contributed by atoms with Gasteiger partial charge in [0.25, 0.3) is 0 Å². The minimum absolute atomic E-state index is 0.247. The van der Waals surface area contributed by atoms with E-state index in [2.05, 4.69) is 39.4 Å². The lowest BCUT2D eigenvalue weighted by Gasteiger charge is -2.09. The van der Waals surface area contributed by atoms with Crippen molar-refractivity contribution in [3.8, 4) is 5.82 Å². The molecule has 0 saturated heterocycles. The summed E-state index contributed by atoms with van der Waals surface area (Å²) >= 11 is 0. The number of nitrogens with one attached hydrogen (secondary N) is 1. The second-order valence-electron chi connectivity index (χ2n) is 4.86. The van der Waals surface area contributed by atoms with Gasteiger partial charge in [-0.25, -0.2) is 9.97 Å². The summed E-state index contributed by atoms with van der Waals surface area (Å²) < 4.78 is 1.74. The summed E-state index contributed by atoms with van der Waals surface area (Å²) in [6.07, 6.45) is 0. The third-order valence-electron chi connectivity index (χ3n) is 3.07. The first-order valence-electron chi connectivity index (χ1n) is 6.56. The molecule has 0 radical (unpaired) electrons. The summed E-state index contributed by atoms with van der Waals surface area (Å²) in [5.74, 6) is 2.53. The molecule has 20 heavy (non-hydrogen) atoms. The predicted molar refractivity (Wildman–Crippen MR) is 78.1 cm³/mol. The fourth-order valence-corrected chi connectivity index (χ4v) is 1.99. The third kappa shape index (κ3) is 2.09. The van der Waals surface area contributed by atoms with Crippen molar-refractivity contribution in [2.75, 3.05) is 12.4 Å². The van der Waals surface area contributed by atoms with Crippen molar-refractivity contribution in [2.45, 2.75) is 19.8 Å². The van der Waals surface area contributed by atoms with Crippen LogP contribution in [0.2, 0.25) is 0 Å². The van der Waals surface area contributed by atoms with Crippen molar-refractivity contribution in [1.29, 1.82) is 0 Å². The molecular formula is C14H16N6. The predicted octanol–water partition coefficient (Wildman–Crippen LogP) is 2.38. The van der Waals surface area contributed by atoms with E-state index in [1.807, 2.05) is 37.4 Å². The van der Waals surface area contributed by atoms with Crippen LogP contribution in [-0.2, 0) is 0 Å². The molecule has 0 aliphatic carbocycles.